The first kappa shape index (κ1) is 19.5. The Bertz CT molecular complexity index is 964. The summed E-state index contributed by atoms with van der Waals surface area (Å²) in [4.78, 5) is 11.3. The van der Waals surface area contributed by atoms with Crippen molar-refractivity contribution < 1.29 is 14.3 Å². The number of rotatable bonds is 6. The van der Waals surface area contributed by atoms with E-state index in [9.17, 15) is 9.90 Å². The van der Waals surface area contributed by atoms with E-state index in [1.54, 1.807) is 6.07 Å². The zero-order valence-electron chi connectivity index (χ0n) is 14.9. The number of aromatic carboxylic acids is 1. The van der Waals surface area contributed by atoms with Crippen molar-refractivity contribution in [3.63, 3.8) is 0 Å². The Balaban J connectivity index is 1.74. The van der Waals surface area contributed by atoms with E-state index < -0.39 is 5.97 Å². The average Bonchev–Trinajstić information content (AvgIpc) is 3.08. The number of halogens is 2. The monoisotopic (exact) mass is 403 g/mol. The first-order chi connectivity index (χ1) is 12.8. The minimum Gasteiger partial charge on any atom is -0.478 e. The number of carbonyl (C=O) groups is 1. The molecule has 2 N–H and O–H groups in total. The minimum absolute atomic E-state index is 0.0138. The first-order valence-electron chi connectivity index (χ1n) is 8.46. The maximum Gasteiger partial charge on any atom is 0.337 e. The third kappa shape index (κ3) is 4.53. The molecule has 3 aromatic rings. The second kappa shape index (κ2) is 8.17. The standard InChI is InChI=1S/C21H19Cl2NO3/c1-12-3-5-14(6-4-12)13(2)24-11-15-7-8-20(27-15)16-9-17(21(25)26)19(23)10-18(16)22/h3-10,13,24H,11H2,1-2H3,(H,25,26). The van der Waals surface area contributed by atoms with Crippen LogP contribution >= 0.6 is 23.2 Å². The highest BCUT2D eigenvalue weighted by molar-refractivity contribution is 6.38. The van der Waals surface area contributed by atoms with E-state index in [1.807, 2.05) is 6.07 Å². The SMILES string of the molecule is Cc1ccc(C(C)NCc2ccc(-c3cc(C(=O)O)c(Cl)cc3Cl)o2)cc1. The van der Waals surface area contributed by atoms with E-state index in [2.05, 4.69) is 43.4 Å². The Morgan fingerprint density at radius 3 is 2.48 bits per heavy atom. The zero-order chi connectivity index (χ0) is 19.6. The number of nitrogens with one attached hydrogen (secondary N) is 1. The Kier molecular flexibility index (Phi) is 5.90. The highest BCUT2D eigenvalue weighted by Gasteiger charge is 2.16. The van der Waals surface area contributed by atoms with Gasteiger partial charge in [0.25, 0.3) is 0 Å². The summed E-state index contributed by atoms with van der Waals surface area (Å²) < 4.78 is 5.85. The Morgan fingerprint density at radius 1 is 1.11 bits per heavy atom. The van der Waals surface area contributed by atoms with Crippen molar-refractivity contribution in [1.29, 1.82) is 0 Å². The molecule has 1 aromatic heterocycles. The molecule has 2 aromatic carbocycles. The molecule has 140 valence electrons. The van der Waals surface area contributed by atoms with Crippen molar-refractivity contribution in [1.82, 2.24) is 5.32 Å². The van der Waals surface area contributed by atoms with Crippen LogP contribution in [0.25, 0.3) is 11.3 Å². The smallest absolute Gasteiger partial charge is 0.337 e. The quantitative estimate of drug-likeness (QED) is 0.520. The Hall–Kier alpha value is -2.27. The maximum absolute atomic E-state index is 11.3. The maximum atomic E-state index is 11.3. The molecule has 0 fully saturated rings. The van der Waals surface area contributed by atoms with Gasteiger partial charge in [-0.3, -0.25) is 0 Å². The van der Waals surface area contributed by atoms with Crippen molar-refractivity contribution in [2.24, 2.45) is 0 Å². The molecule has 0 radical (unpaired) electrons. The van der Waals surface area contributed by atoms with Crippen LogP contribution in [0.5, 0.6) is 0 Å². The summed E-state index contributed by atoms with van der Waals surface area (Å²) in [5.41, 5.74) is 2.90. The lowest BCUT2D eigenvalue weighted by Gasteiger charge is -2.13. The summed E-state index contributed by atoms with van der Waals surface area (Å²) >= 11 is 12.2. The highest BCUT2D eigenvalue weighted by atomic mass is 35.5. The van der Waals surface area contributed by atoms with Crippen LogP contribution in [0.2, 0.25) is 10.0 Å². The number of benzene rings is 2. The Morgan fingerprint density at radius 2 is 1.81 bits per heavy atom. The van der Waals surface area contributed by atoms with Gasteiger partial charge in [-0.2, -0.15) is 0 Å². The fourth-order valence-electron chi connectivity index (χ4n) is 2.75. The molecule has 27 heavy (non-hydrogen) atoms. The van der Waals surface area contributed by atoms with Gasteiger partial charge in [0.1, 0.15) is 11.5 Å². The number of furan rings is 1. The number of hydrogen-bond donors (Lipinski definition) is 2. The van der Waals surface area contributed by atoms with Gasteiger partial charge in [0, 0.05) is 11.6 Å². The lowest BCUT2D eigenvalue weighted by molar-refractivity contribution is 0.0697. The predicted molar refractivity (Wildman–Crippen MR) is 108 cm³/mol. The molecule has 3 rings (SSSR count). The summed E-state index contributed by atoms with van der Waals surface area (Å²) in [6, 6.07) is 15.0. The molecular formula is C21H19Cl2NO3. The van der Waals surface area contributed by atoms with Gasteiger partial charge in [0.2, 0.25) is 0 Å². The molecule has 0 bridgehead atoms. The number of carboxylic acids is 1. The van der Waals surface area contributed by atoms with Crippen LogP contribution in [0.1, 0.15) is 40.2 Å². The lowest BCUT2D eigenvalue weighted by Crippen LogP contribution is -2.17. The van der Waals surface area contributed by atoms with E-state index in [0.29, 0.717) is 22.9 Å². The molecule has 4 nitrogen and oxygen atoms in total. The van der Waals surface area contributed by atoms with Gasteiger partial charge in [-0.1, -0.05) is 53.0 Å². The fourth-order valence-corrected chi connectivity index (χ4v) is 3.30. The fraction of sp³-hybridized carbons (Fsp3) is 0.190. The third-order valence-electron chi connectivity index (χ3n) is 4.37. The van der Waals surface area contributed by atoms with Gasteiger partial charge in [0.15, 0.2) is 0 Å². The summed E-state index contributed by atoms with van der Waals surface area (Å²) in [6.45, 7) is 4.68. The Labute approximate surface area is 167 Å². The van der Waals surface area contributed by atoms with Gasteiger partial charge in [-0.05, 0) is 43.7 Å². The van der Waals surface area contributed by atoms with Crippen LogP contribution < -0.4 is 5.32 Å². The highest BCUT2D eigenvalue weighted by Crippen LogP contribution is 2.34. The largest absolute Gasteiger partial charge is 0.478 e. The van der Waals surface area contributed by atoms with Crippen molar-refractivity contribution in [2.45, 2.75) is 26.4 Å². The van der Waals surface area contributed by atoms with Crippen molar-refractivity contribution >= 4 is 29.2 Å². The summed E-state index contributed by atoms with van der Waals surface area (Å²) in [5.74, 6) is 0.115. The molecule has 0 aliphatic rings. The summed E-state index contributed by atoms with van der Waals surface area (Å²) in [7, 11) is 0. The van der Waals surface area contributed by atoms with Gasteiger partial charge >= 0.3 is 5.97 Å². The first-order valence-corrected chi connectivity index (χ1v) is 9.22. The number of carboxylic acid groups (broad SMARTS) is 1. The van der Waals surface area contributed by atoms with E-state index in [0.717, 1.165) is 5.76 Å². The number of aryl methyl sites for hydroxylation is 1. The average molecular weight is 404 g/mol. The van der Waals surface area contributed by atoms with Crippen LogP contribution in [0, 0.1) is 6.92 Å². The van der Waals surface area contributed by atoms with Crippen LogP contribution in [-0.4, -0.2) is 11.1 Å². The molecule has 1 atom stereocenters. The molecule has 0 saturated heterocycles. The minimum atomic E-state index is -1.11. The topological polar surface area (TPSA) is 62.5 Å². The summed E-state index contributed by atoms with van der Waals surface area (Å²) in [6.07, 6.45) is 0. The van der Waals surface area contributed by atoms with Crippen LogP contribution in [0.15, 0.2) is 52.9 Å². The van der Waals surface area contributed by atoms with Crippen LogP contribution in [0.3, 0.4) is 0 Å². The third-order valence-corrected chi connectivity index (χ3v) is 5.00. The lowest BCUT2D eigenvalue weighted by atomic mass is 10.1. The van der Waals surface area contributed by atoms with Crippen molar-refractivity contribution in [3.05, 3.63) is 81.0 Å². The second-order valence-electron chi connectivity index (χ2n) is 6.40. The van der Waals surface area contributed by atoms with Crippen molar-refractivity contribution in [2.75, 3.05) is 0 Å². The van der Waals surface area contributed by atoms with Crippen LogP contribution in [-0.2, 0) is 6.54 Å². The molecule has 6 heteroatoms. The van der Waals surface area contributed by atoms with Gasteiger partial charge in [-0.25, -0.2) is 4.79 Å². The molecule has 0 aliphatic heterocycles. The van der Waals surface area contributed by atoms with Gasteiger partial charge < -0.3 is 14.8 Å². The van der Waals surface area contributed by atoms with E-state index in [-0.39, 0.29) is 16.6 Å². The van der Waals surface area contributed by atoms with E-state index in [4.69, 9.17) is 27.6 Å². The van der Waals surface area contributed by atoms with Crippen molar-refractivity contribution in [3.8, 4) is 11.3 Å². The molecule has 0 spiro atoms. The zero-order valence-corrected chi connectivity index (χ0v) is 16.4. The molecule has 0 amide bonds. The van der Waals surface area contributed by atoms with Gasteiger partial charge in [0.05, 0.1) is 22.2 Å². The number of hydrogen-bond acceptors (Lipinski definition) is 3. The molecule has 0 aliphatic carbocycles. The van der Waals surface area contributed by atoms with Gasteiger partial charge in [-0.15, -0.1) is 0 Å². The normalized spacial score (nSPS) is 12.1. The second-order valence-corrected chi connectivity index (χ2v) is 7.21. The predicted octanol–water partition coefficient (Wildman–Crippen LogP) is 6.11. The van der Waals surface area contributed by atoms with Crippen LogP contribution in [0.4, 0.5) is 0 Å². The molecule has 0 saturated carbocycles. The van der Waals surface area contributed by atoms with E-state index in [1.165, 1.54) is 23.3 Å². The molecule has 1 unspecified atom stereocenters. The molecular weight excluding hydrogens is 385 g/mol. The summed E-state index contributed by atoms with van der Waals surface area (Å²) in [5, 5.41) is 13.1. The van der Waals surface area contributed by atoms with E-state index >= 15 is 0 Å². The molecule has 1 heterocycles.